The van der Waals surface area contributed by atoms with Gasteiger partial charge in [-0.15, -0.1) is 0 Å². The van der Waals surface area contributed by atoms with Gasteiger partial charge in [-0.1, -0.05) is 6.92 Å². The van der Waals surface area contributed by atoms with Crippen molar-refractivity contribution in [2.45, 2.75) is 34.1 Å². The lowest BCUT2D eigenvalue weighted by molar-refractivity contribution is 0.783. The number of hydrogen-bond acceptors (Lipinski definition) is 4. The fourth-order valence-electron chi connectivity index (χ4n) is 1.88. The maximum atomic E-state index is 4.53. The monoisotopic (exact) mass is 245 g/mol. The third kappa shape index (κ3) is 2.50. The number of aromatic nitrogens is 4. The molecule has 0 atom stereocenters. The van der Waals surface area contributed by atoms with E-state index in [-0.39, 0.29) is 0 Å². The smallest absolute Gasteiger partial charge is 0.159 e. The van der Waals surface area contributed by atoms with E-state index in [2.05, 4.69) is 34.2 Å². The Morgan fingerprint density at radius 2 is 1.94 bits per heavy atom. The van der Waals surface area contributed by atoms with Gasteiger partial charge in [0.1, 0.15) is 11.6 Å². The van der Waals surface area contributed by atoms with Gasteiger partial charge in [0.25, 0.3) is 0 Å². The first-order valence-electron chi connectivity index (χ1n) is 6.29. The zero-order chi connectivity index (χ0) is 13.1. The Kier molecular flexibility index (Phi) is 3.60. The Bertz CT molecular complexity index is 544. The van der Waals surface area contributed by atoms with E-state index < -0.39 is 0 Å². The van der Waals surface area contributed by atoms with E-state index in [1.165, 1.54) is 0 Å². The second-order valence-corrected chi connectivity index (χ2v) is 4.25. The van der Waals surface area contributed by atoms with Crippen molar-refractivity contribution in [1.82, 2.24) is 19.7 Å². The predicted octanol–water partition coefficient (Wildman–Crippen LogP) is 2.27. The number of nitrogens with one attached hydrogen (secondary N) is 1. The summed E-state index contributed by atoms with van der Waals surface area (Å²) in [5, 5.41) is 7.68. The van der Waals surface area contributed by atoms with Crippen LogP contribution in [0.3, 0.4) is 0 Å². The summed E-state index contributed by atoms with van der Waals surface area (Å²) in [6.07, 6.45) is 0.811. The second kappa shape index (κ2) is 5.16. The molecule has 0 bridgehead atoms. The summed E-state index contributed by atoms with van der Waals surface area (Å²) in [6, 6.07) is 3.97. The van der Waals surface area contributed by atoms with Crippen molar-refractivity contribution in [2.75, 3.05) is 11.9 Å². The molecule has 18 heavy (non-hydrogen) atoms. The van der Waals surface area contributed by atoms with Crippen LogP contribution in [0.25, 0.3) is 5.82 Å². The highest BCUT2D eigenvalue weighted by Gasteiger charge is 2.08. The van der Waals surface area contributed by atoms with Crippen LogP contribution in [0.2, 0.25) is 0 Å². The number of aryl methyl sites for hydroxylation is 3. The van der Waals surface area contributed by atoms with Crippen LogP contribution in [0.4, 0.5) is 5.82 Å². The van der Waals surface area contributed by atoms with Crippen LogP contribution in [0.15, 0.2) is 12.1 Å². The molecule has 0 spiro atoms. The van der Waals surface area contributed by atoms with Crippen molar-refractivity contribution >= 4 is 5.82 Å². The van der Waals surface area contributed by atoms with E-state index in [0.29, 0.717) is 0 Å². The highest BCUT2D eigenvalue weighted by Crippen LogP contribution is 2.14. The maximum absolute atomic E-state index is 4.53. The number of hydrogen-bond donors (Lipinski definition) is 1. The van der Waals surface area contributed by atoms with Gasteiger partial charge in [0, 0.05) is 24.7 Å². The topological polar surface area (TPSA) is 55.6 Å². The fourth-order valence-corrected chi connectivity index (χ4v) is 1.88. The molecule has 0 radical (unpaired) electrons. The number of anilines is 1. The normalized spacial score (nSPS) is 10.7. The highest BCUT2D eigenvalue weighted by atomic mass is 15.3. The van der Waals surface area contributed by atoms with Gasteiger partial charge in [0.05, 0.1) is 5.69 Å². The van der Waals surface area contributed by atoms with E-state index in [0.717, 1.165) is 41.8 Å². The first-order chi connectivity index (χ1) is 8.63. The van der Waals surface area contributed by atoms with Crippen LogP contribution in [0.5, 0.6) is 0 Å². The molecule has 0 saturated carbocycles. The van der Waals surface area contributed by atoms with Crippen LogP contribution in [0.1, 0.15) is 31.1 Å². The zero-order valence-electron chi connectivity index (χ0n) is 11.4. The van der Waals surface area contributed by atoms with Crippen molar-refractivity contribution in [3.63, 3.8) is 0 Å². The van der Waals surface area contributed by atoms with Gasteiger partial charge in [0.2, 0.25) is 0 Å². The van der Waals surface area contributed by atoms with Gasteiger partial charge >= 0.3 is 0 Å². The Morgan fingerprint density at radius 1 is 1.17 bits per heavy atom. The molecule has 2 rings (SSSR count). The fraction of sp³-hybridized carbons (Fsp3) is 0.462. The molecule has 0 amide bonds. The molecule has 1 N–H and O–H groups in total. The number of nitrogens with zero attached hydrogens (tertiary/aromatic N) is 4. The Balaban J connectivity index is 2.49. The molecule has 5 heteroatoms. The minimum Gasteiger partial charge on any atom is -0.370 e. The van der Waals surface area contributed by atoms with Gasteiger partial charge in [-0.25, -0.2) is 14.6 Å². The minimum absolute atomic E-state index is 0.811. The Hall–Kier alpha value is -1.91. The molecule has 0 unspecified atom stereocenters. The molecular weight excluding hydrogens is 226 g/mol. The molecule has 0 aliphatic heterocycles. The van der Waals surface area contributed by atoms with Gasteiger partial charge < -0.3 is 5.32 Å². The standard InChI is InChI=1S/C13H19N5/c1-5-11-15-12(14-6-2)8-13(16-11)18-10(4)7-9(3)17-18/h7-8H,5-6H2,1-4H3,(H,14,15,16). The average molecular weight is 245 g/mol. The van der Waals surface area contributed by atoms with Gasteiger partial charge in [0.15, 0.2) is 5.82 Å². The molecule has 0 aliphatic rings. The quantitative estimate of drug-likeness (QED) is 0.897. The Labute approximate surface area is 107 Å². The molecule has 0 fully saturated rings. The molecule has 0 aromatic carbocycles. The van der Waals surface area contributed by atoms with Crippen molar-refractivity contribution in [1.29, 1.82) is 0 Å². The summed E-state index contributed by atoms with van der Waals surface area (Å²) in [6.45, 7) is 8.96. The zero-order valence-corrected chi connectivity index (χ0v) is 11.4. The predicted molar refractivity (Wildman–Crippen MR) is 72.2 cm³/mol. The minimum atomic E-state index is 0.811. The largest absolute Gasteiger partial charge is 0.370 e. The van der Waals surface area contributed by atoms with E-state index in [1.807, 2.05) is 30.7 Å². The summed E-state index contributed by atoms with van der Waals surface area (Å²) in [4.78, 5) is 8.97. The van der Waals surface area contributed by atoms with Gasteiger partial charge in [-0.3, -0.25) is 0 Å². The lowest BCUT2D eigenvalue weighted by Crippen LogP contribution is -2.09. The van der Waals surface area contributed by atoms with E-state index in [4.69, 9.17) is 0 Å². The van der Waals surface area contributed by atoms with Crippen molar-refractivity contribution in [3.8, 4) is 5.82 Å². The summed E-state index contributed by atoms with van der Waals surface area (Å²) >= 11 is 0. The van der Waals surface area contributed by atoms with Crippen LogP contribution >= 0.6 is 0 Å². The molecule has 2 aromatic heterocycles. The summed E-state index contributed by atoms with van der Waals surface area (Å²) in [7, 11) is 0. The Morgan fingerprint density at radius 3 is 2.50 bits per heavy atom. The molecule has 2 aromatic rings. The third-order valence-electron chi connectivity index (χ3n) is 2.66. The third-order valence-corrected chi connectivity index (χ3v) is 2.66. The van der Waals surface area contributed by atoms with Crippen molar-refractivity contribution in [2.24, 2.45) is 0 Å². The maximum Gasteiger partial charge on any atom is 0.159 e. The summed E-state index contributed by atoms with van der Waals surface area (Å²) < 4.78 is 1.86. The van der Waals surface area contributed by atoms with Gasteiger partial charge in [-0.05, 0) is 26.8 Å². The molecular formula is C13H19N5. The first kappa shape index (κ1) is 12.5. The SMILES string of the molecule is CCNc1cc(-n2nc(C)cc2C)nc(CC)n1. The second-order valence-electron chi connectivity index (χ2n) is 4.25. The molecule has 96 valence electrons. The van der Waals surface area contributed by atoms with E-state index >= 15 is 0 Å². The van der Waals surface area contributed by atoms with Crippen LogP contribution in [-0.2, 0) is 6.42 Å². The average Bonchev–Trinajstić information content (AvgIpc) is 2.68. The summed E-state index contributed by atoms with van der Waals surface area (Å²) in [5.41, 5.74) is 2.07. The first-order valence-corrected chi connectivity index (χ1v) is 6.29. The van der Waals surface area contributed by atoms with Gasteiger partial charge in [-0.2, -0.15) is 5.10 Å². The molecule has 0 aliphatic carbocycles. The van der Waals surface area contributed by atoms with Crippen molar-refractivity contribution in [3.05, 3.63) is 29.3 Å². The van der Waals surface area contributed by atoms with Crippen molar-refractivity contribution < 1.29 is 0 Å². The molecule has 0 saturated heterocycles. The van der Waals surface area contributed by atoms with Crippen LogP contribution < -0.4 is 5.32 Å². The van der Waals surface area contributed by atoms with E-state index in [1.54, 1.807) is 0 Å². The summed E-state index contributed by atoms with van der Waals surface area (Å²) in [5.74, 6) is 2.51. The lowest BCUT2D eigenvalue weighted by atomic mass is 10.4. The molecule has 5 nitrogen and oxygen atoms in total. The van der Waals surface area contributed by atoms with E-state index in [9.17, 15) is 0 Å². The number of rotatable bonds is 4. The van der Waals surface area contributed by atoms with Crippen LogP contribution in [-0.4, -0.2) is 26.3 Å². The van der Waals surface area contributed by atoms with Crippen LogP contribution in [0, 0.1) is 13.8 Å². The lowest BCUT2D eigenvalue weighted by Gasteiger charge is -2.09. The molecule has 2 heterocycles. The highest BCUT2D eigenvalue weighted by molar-refractivity contribution is 5.42.